The van der Waals surface area contributed by atoms with Crippen LogP contribution >= 0.6 is 0 Å². The maximum absolute atomic E-state index is 11.2. The van der Waals surface area contributed by atoms with E-state index in [1.807, 2.05) is 4.90 Å². The van der Waals surface area contributed by atoms with Crippen molar-refractivity contribution >= 4 is 5.91 Å². The van der Waals surface area contributed by atoms with Crippen LogP contribution in [0.25, 0.3) is 0 Å². The van der Waals surface area contributed by atoms with E-state index in [9.17, 15) is 4.79 Å². The molecule has 1 atom stereocenters. The van der Waals surface area contributed by atoms with Gasteiger partial charge in [-0.15, -0.1) is 0 Å². The van der Waals surface area contributed by atoms with Crippen molar-refractivity contribution in [1.29, 1.82) is 0 Å². The van der Waals surface area contributed by atoms with Crippen LogP contribution in [0.4, 0.5) is 0 Å². The van der Waals surface area contributed by atoms with Crippen LogP contribution < -0.4 is 5.32 Å². The molecule has 1 N–H and O–H groups in total. The molecule has 0 spiro atoms. The molecule has 0 radical (unpaired) electrons. The van der Waals surface area contributed by atoms with Gasteiger partial charge in [-0.3, -0.25) is 4.79 Å². The highest BCUT2D eigenvalue weighted by Gasteiger charge is 2.22. The van der Waals surface area contributed by atoms with Crippen molar-refractivity contribution in [2.24, 2.45) is 5.92 Å². The molecule has 0 saturated carbocycles. The molecule has 2 fully saturated rings. The lowest BCUT2D eigenvalue weighted by Gasteiger charge is -2.32. The number of hydrogen-bond donors (Lipinski definition) is 1. The van der Waals surface area contributed by atoms with E-state index in [-0.39, 0.29) is 5.91 Å². The SMILES string of the molecule is CC(=O)N1CCC(OCC2CCCNC2)CC1. The second-order valence-corrected chi connectivity index (χ2v) is 5.25. The Balaban J connectivity index is 1.62. The molecule has 0 aromatic rings. The lowest BCUT2D eigenvalue weighted by molar-refractivity contribution is -0.131. The lowest BCUT2D eigenvalue weighted by atomic mass is 10.0. The Morgan fingerprint density at radius 3 is 2.71 bits per heavy atom. The Morgan fingerprint density at radius 1 is 1.35 bits per heavy atom. The summed E-state index contributed by atoms with van der Waals surface area (Å²) in [4.78, 5) is 13.1. The fourth-order valence-corrected chi connectivity index (χ4v) is 2.68. The third-order valence-electron chi connectivity index (χ3n) is 3.85. The van der Waals surface area contributed by atoms with Crippen molar-refractivity contribution < 1.29 is 9.53 Å². The molecule has 0 aromatic carbocycles. The second-order valence-electron chi connectivity index (χ2n) is 5.25. The third kappa shape index (κ3) is 3.96. The Bertz CT molecular complexity index is 244. The Labute approximate surface area is 104 Å². The van der Waals surface area contributed by atoms with Crippen LogP contribution in [-0.2, 0) is 9.53 Å². The smallest absolute Gasteiger partial charge is 0.219 e. The van der Waals surface area contributed by atoms with Gasteiger partial charge in [0, 0.05) is 26.6 Å². The molecule has 2 aliphatic heterocycles. The van der Waals surface area contributed by atoms with Crippen LogP contribution in [0.3, 0.4) is 0 Å². The zero-order chi connectivity index (χ0) is 12.1. The molecule has 0 aromatic heterocycles. The fourth-order valence-electron chi connectivity index (χ4n) is 2.68. The molecule has 4 heteroatoms. The maximum Gasteiger partial charge on any atom is 0.219 e. The summed E-state index contributed by atoms with van der Waals surface area (Å²) < 4.78 is 5.97. The van der Waals surface area contributed by atoms with Crippen molar-refractivity contribution in [1.82, 2.24) is 10.2 Å². The summed E-state index contributed by atoms with van der Waals surface area (Å²) in [6, 6.07) is 0. The molecule has 2 heterocycles. The van der Waals surface area contributed by atoms with E-state index in [0.29, 0.717) is 12.0 Å². The number of amides is 1. The summed E-state index contributed by atoms with van der Waals surface area (Å²) in [5.74, 6) is 0.884. The van der Waals surface area contributed by atoms with Gasteiger partial charge in [-0.05, 0) is 38.1 Å². The van der Waals surface area contributed by atoms with Gasteiger partial charge in [0.1, 0.15) is 0 Å². The van der Waals surface area contributed by atoms with E-state index in [4.69, 9.17) is 4.74 Å². The summed E-state index contributed by atoms with van der Waals surface area (Å²) in [6.45, 7) is 6.53. The highest BCUT2D eigenvalue weighted by molar-refractivity contribution is 5.73. The predicted octanol–water partition coefficient (Wildman–Crippen LogP) is 1.01. The van der Waals surface area contributed by atoms with Gasteiger partial charge < -0.3 is 15.0 Å². The first-order chi connectivity index (χ1) is 8.25. The number of likely N-dealkylation sites (tertiary alicyclic amines) is 1. The normalized spacial score (nSPS) is 27.1. The van der Waals surface area contributed by atoms with Gasteiger partial charge in [-0.25, -0.2) is 0 Å². The van der Waals surface area contributed by atoms with Gasteiger partial charge in [-0.2, -0.15) is 0 Å². The molecule has 1 unspecified atom stereocenters. The zero-order valence-electron chi connectivity index (χ0n) is 10.8. The summed E-state index contributed by atoms with van der Waals surface area (Å²) in [6.07, 6.45) is 4.93. The molecule has 2 saturated heterocycles. The second kappa shape index (κ2) is 6.36. The van der Waals surface area contributed by atoms with E-state index in [1.165, 1.54) is 12.8 Å². The Morgan fingerprint density at radius 2 is 2.12 bits per heavy atom. The Kier molecular flexibility index (Phi) is 4.80. The molecule has 1 amide bonds. The van der Waals surface area contributed by atoms with Crippen molar-refractivity contribution in [2.75, 3.05) is 32.8 Å². The zero-order valence-corrected chi connectivity index (χ0v) is 10.8. The van der Waals surface area contributed by atoms with Crippen molar-refractivity contribution in [2.45, 2.75) is 38.7 Å². The van der Waals surface area contributed by atoms with Gasteiger partial charge in [0.05, 0.1) is 12.7 Å². The number of ether oxygens (including phenoxy) is 1. The number of nitrogens with zero attached hydrogens (tertiary/aromatic N) is 1. The predicted molar refractivity (Wildman–Crippen MR) is 66.8 cm³/mol. The molecule has 2 rings (SSSR count). The van der Waals surface area contributed by atoms with Gasteiger partial charge >= 0.3 is 0 Å². The minimum Gasteiger partial charge on any atom is -0.378 e. The fraction of sp³-hybridized carbons (Fsp3) is 0.923. The minimum absolute atomic E-state index is 0.194. The number of nitrogens with one attached hydrogen (secondary N) is 1. The third-order valence-corrected chi connectivity index (χ3v) is 3.85. The highest BCUT2D eigenvalue weighted by atomic mass is 16.5. The highest BCUT2D eigenvalue weighted by Crippen LogP contribution is 2.17. The molecule has 0 aliphatic carbocycles. The molecule has 0 bridgehead atoms. The summed E-state index contributed by atoms with van der Waals surface area (Å²) in [5.41, 5.74) is 0. The number of carbonyl (C=O) groups is 1. The quantitative estimate of drug-likeness (QED) is 0.800. The first kappa shape index (κ1) is 12.8. The molecule has 17 heavy (non-hydrogen) atoms. The monoisotopic (exact) mass is 240 g/mol. The van der Waals surface area contributed by atoms with Gasteiger partial charge in [0.25, 0.3) is 0 Å². The van der Waals surface area contributed by atoms with E-state index < -0.39 is 0 Å². The topological polar surface area (TPSA) is 41.6 Å². The Hall–Kier alpha value is -0.610. The van der Waals surface area contributed by atoms with Crippen molar-refractivity contribution in [3.05, 3.63) is 0 Å². The van der Waals surface area contributed by atoms with E-state index in [2.05, 4.69) is 5.32 Å². The standard InChI is InChI=1S/C13H24N2O2/c1-11(16)15-7-4-13(5-8-15)17-10-12-3-2-6-14-9-12/h12-14H,2-10H2,1H3. The van der Waals surface area contributed by atoms with Crippen LogP contribution in [0.5, 0.6) is 0 Å². The van der Waals surface area contributed by atoms with Gasteiger partial charge in [0.15, 0.2) is 0 Å². The largest absolute Gasteiger partial charge is 0.378 e. The number of piperidine rings is 2. The minimum atomic E-state index is 0.194. The number of rotatable bonds is 3. The van der Waals surface area contributed by atoms with Gasteiger partial charge in [0.2, 0.25) is 5.91 Å². The summed E-state index contributed by atoms with van der Waals surface area (Å²) in [5, 5.41) is 3.41. The molecule has 4 nitrogen and oxygen atoms in total. The van der Waals surface area contributed by atoms with Crippen LogP contribution in [0.2, 0.25) is 0 Å². The average molecular weight is 240 g/mol. The van der Waals surface area contributed by atoms with Gasteiger partial charge in [-0.1, -0.05) is 0 Å². The molecule has 98 valence electrons. The number of carbonyl (C=O) groups excluding carboxylic acids is 1. The molecular weight excluding hydrogens is 216 g/mol. The molecule has 2 aliphatic rings. The van der Waals surface area contributed by atoms with E-state index in [0.717, 1.165) is 45.6 Å². The van der Waals surface area contributed by atoms with Crippen molar-refractivity contribution in [3.8, 4) is 0 Å². The summed E-state index contributed by atoms with van der Waals surface area (Å²) in [7, 11) is 0. The lowest BCUT2D eigenvalue weighted by Crippen LogP contribution is -2.40. The maximum atomic E-state index is 11.2. The average Bonchev–Trinajstić information content (AvgIpc) is 2.38. The van der Waals surface area contributed by atoms with E-state index in [1.54, 1.807) is 6.92 Å². The first-order valence-electron chi connectivity index (χ1n) is 6.83. The van der Waals surface area contributed by atoms with Crippen molar-refractivity contribution in [3.63, 3.8) is 0 Å². The van der Waals surface area contributed by atoms with Crippen LogP contribution in [-0.4, -0.2) is 49.7 Å². The van der Waals surface area contributed by atoms with Crippen LogP contribution in [0, 0.1) is 5.92 Å². The molecular formula is C13H24N2O2. The number of hydrogen-bond acceptors (Lipinski definition) is 3. The van der Waals surface area contributed by atoms with E-state index >= 15 is 0 Å². The first-order valence-corrected chi connectivity index (χ1v) is 6.83. The van der Waals surface area contributed by atoms with Crippen LogP contribution in [0.15, 0.2) is 0 Å². The summed E-state index contributed by atoms with van der Waals surface area (Å²) >= 11 is 0. The van der Waals surface area contributed by atoms with Crippen LogP contribution in [0.1, 0.15) is 32.6 Å².